The van der Waals surface area contributed by atoms with Crippen LogP contribution in [-0.2, 0) is 10.1 Å². The topological polar surface area (TPSA) is 84.3 Å². The van der Waals surface area contributed by atoms with Crippen LogP contribution in [0.4, 0.5) is 0 Å². The van der Waals surface area contributed by atoms with Gasteiger partial charge in [-0.3, -0.25) is 9.35 Å². The van der Waals surface area contributed by atoms with Gasteiger partial charge in [-0.25, -0.2) is 4.98 Å². The van der Waals surface area contributed by atoms with Crippen molar-refractivity contribution >= 4 is 38.6 Å². The summed E-state index contributed by atoms with van der Waals surface area (Å²) in [4.78, 5) is 16.8. The molecule has 0 saturated heterocycles. The fourth-order valence-corrected chi connectivity index (χ4v) is 4.80. The molecule has 23 heavy (non-hydrogen) atoms. The smallest absolute Gasteiger partial charge is 0.287 e. The highest BCUT2D eigenvalue weighted by molar-refractivity contribution is 7.88. The molecule has 2 heterocycles. The SMILES string of the molecule is Cc1ccccc1C(=O)c1csc(-c2ccsc2S(=O)(=O)O)n1. The van der Waals surface area contributed by atoms with Gasteiger partial charge in [0.15, 0.2) is 4.21 Å². The van der Waals surface area contributed by atoms with Crippen LogP contribution in [0.1, 0.15) is 21.6 Å². The van der Waals surface area contributed by atoms with Gasteiger partial charge in [-0.05, 0) is 23.9 Å². The van der Waals surface area contributed by atoms with Gasteiger partial charge in [0.1, 0.15) is 10.7 Å². The molecule has 0 saturated carbocycles. The van der Waals surface area contributed by atoms with E-state index in [2.05, 4.69) is 4.98 Å². The van der Waals surface area contributed by atoms with Gasteiger partial charge in [-0.1, -0.05) is 24.3 Å². The summed E-state index contributed by atoms with van der Waals surface area (Å²) in [5, 5.41) is 3.54. The number of hydrogen-bond donors (Lipinski definition) is 1. The van der Waals surface area contributed by atoms with Crippen LogP contribution in [0, 0.1) is 6.92 Å². The first-order valence-electron chi connectivity index (χ1n) is 6.49. The average molecular weight is 365 g/mol. The highest BCUT2D eigenvalue weighted by atomic mass is 32.3. The lowest BCUT2D eigenvalue weighted by Crippen LogP contribution is -2.04. The van der Waals surface area contributed by atoms with Crippen molar-refractivity contribution in [3.8, 4) is 10.6 Å². The van der Waals surface area contributed by atoms with E-state index in [1.165, 1.54) is 11.3 Å². The van der Waals surface area contributed by atoms with Crippen LogP contribution in [0.5, 0.6) is 0 Å². The summed E-state index contributed by atoms with van der Waals surface area (Å²) >= 11 is 2.08. The summed E-state index contributed by atoms with van der Waals surface area (Å²) in [6.45, 7) is 1.84. The molecule has 1 N–H and O–H groups in total. The molecule has 0 bridgehead atoms. The maximum absolute atomic E-state index is 12.5. The van der Waals surface area contributed by atoms with E-state index in [9.17, 15) is 17.8 Å². The maximum atomic E-state index is 12.5. The zero-order valence-corrected chi connectivity index (χ0v) is 14.3. The van der Waals surface area contributed by atoms with E-state index in [0.29, 0.717) is 16.1 Å². The molecule has 3 rings (SSSR count). The molecular weight excluding hydrogens is 354 g/mol. The number of rotatable bonds is 4. The molecule has 0 radical (unpaired) electrons. The van der Waals surface area contributed by atoms with Crippen LogP contribution in [0.3, 0.4) is 0 Å². The molecule has 0 spiro atoms. The van der Waals surface area contributed by atoms with Crippen LogP contribution in [0.25, 0.3) is 10.6 Å². The first kappa shape index (κ1) is 16.0. The number of thiazole rings is 1. The van der Waals surface area contributed by atoms with Crippen LogP contribution >= 0.6 is 22.7 Å². The van der Waals surface area contributed by atoms with Crippen LogP contribution in [0.2, 0.25) is 0 Å². The average Bonchev–Trinajstić information content (AvgIpc) is 3.15. The summed E-state index contributed by atoms with van der Waals surface area (Å²) in [5.41, 5.74) is 1.98. The number of nitrogens with zero attached hydrogens (tertiary/aromatic N) is 1. The predicted molar refractivity (Wildman–Crippen MR) is 89.9 cm³/mol. The number of aryl methyl sites for hydroxylation is 1. The Hall–Kier alpha value is -1.87. The Kier molecular flexibility index (Phi) is 4.15. The number of carbonyl (C=O) groups is 1. The lowest BCUT2D eigenvalue weighted by atomic mass is 10.0. The molecule has 5 nitrogen and oxygen atoms in total. The first-order valence-corrected chi connectivity index (χ1v) is 9.69. The van der Waals surface area contributed by atoms with E-state index in [1.54, 1.807) is 29.0 Å². The largest absolute Gasteiger partial charge is 0.304 e. The van der Waals surface area contributed by atoms with Gasteiger partial charge in [0.05, 0.1) is 0 Å². The van der Waals surface area contributed by atoms with Gasteiger partial charge in [0.2, 0.25) is 5.78 Å². The third-order valence-corrected chi connectivity index (χ3v) is 6.41. The molecular formula is C15H11NO4S3. The fourth-order valence-electron chi connectivity index (χ4n) is 2.12. The number of aromatic nitrogens is 1. The normalized spacial score (nSPS) is 11.6. The van der Waals surface area contributed by atoms with E-state index in [4.69, 9.17) is 0 Å². The standard InChI is InChI=1S/C15H11NO4S3/c1-9-4-2-3-5-10(9)13(17)12-8-22-14(16-12)11-6-7-21-15(11)23(18,19)20/h2-8H,1H3,(H,18,19,20). The van der Waals surface area contributed by atoms with Crippen molar-refractivity contribution in [1.29, 1.82) is 0 Å². The van der Waals surface area contributed by atoms with Crippen molar-refractivity contribution in [2.45, 2.75) is 11.1 Å². The number of ketones is 1. The van der Waals surface area contributed by atoms with E-state index < -0.39 is 10.1 Å². The number of hydrogen-bond acceptors (Lipinski definition) is 6. The molecule has 0 aliphatic heterocycles. The zero-order chi connectivity index (χ0) is 16.6. The Morgan fingerprint density at radius 3 is 2.61 bits per heavy atom. The van der Waals surface area contributed by atoms with Gasteiger partial charge in [-0.15, -0.1) is 22.7 Å². The van der Waals surface area contributed by atoms with Crippen molar-refractivity contribution in [3.05, 3.63) is 57.9 Å². The van der Waals surface area contributed by atoms with Crippen molar-refractivity contribution < 1.29 is 17.8 Å². The highest BCUT2D eigenvalue weighted by Crippen LogP contribution is 2.34. The minimum atomic E-state index is -4.31. The van der Waals surface area contributed by atoms with E-state index in [1.807, 2.05) is 19.1 Å². The summed E-state index contributed by atoms with van der Waals surface area (Å²) in [5.74, 6) is -0.214. The molecule has 118 valence electrons. The molecule has 0 amide bonds. The molecule has 0 unspecified atom stereocenters. The fraction of sp³-hybridized carbons (Fsp3) is 0.0667. The van der Waals surface area contributed by atoms with Gasteiger partial charge in [0, 0.05) is 16.5 Å². The van der Waals surface area contributed by atoms with E-state index in [0.717, 1.165) is 16.9 Å². The summed E-state index contributed by atoms with van der Waals surface area (Å²) in [6, 6.07) is 8.76. The van der Waals surface area contributed by atoms with Gasteiger partial charge < -0.3 is 0 Å². The molecule has 3 aromatic rings. The Balaban J connectivity index is 2.01. The van der Waals surface area contributed by atoms with E-state index >= 15 is 0 Å². The van der Waals surface area contributed by atoms with Crippen molar-refractivity contribution in [3.63, 3.8) is 0 Å². The van der Waals surface area contributed by atoms with Gasteiger partial charge >= 0.3 is 10.1 Å². The second kappa shape index (κ2) is 5.97. The second-order valence-electron chi connectivity index (χ2n) is 4.78. The monoisotopic (exact) mass is 365 g/mol. The Labute approximate surface area is 141 Å². The van der Waals surface area contributed by atoms with Crippen molar-refractivity contribution in [2.75, 3.05) is 0 Å². The zero-order valence-electron chi connectivity index (χ0n) is 11.9. The third-order valence-electron chi connectivity index (χ3n) is 3.22. The minimum Gasteiger partial charge on any atom is -0.287 e. The second-order valence-corrected chi connectivity index (χ2v) is 8.17. The van der Waals surface area contributed by atoms with Gasteiger partial charge in [0.25, 0.3) is 0 Å². The van der Waals surface area contributed by atoms with Gasteiger partial charge in [-0.2, -0.15) is 8.42 Å². The molecule has 0 atom stereocenters. The Bertz CT molecular complexity index is 986. The maximum Gasteiger partial charge on any atom is 0.304 e. The molecule has 0 aliphatic carbocycles. The number of thiophene rings is 1. The lowest BCUT2D eigenvalue weighted by molar-refractivity contribution is 0.103. The van der Waals surface area contributed by atoms with Crippen LogP contribution in [-0.4, -0.2) is 23.7 Å². The predicted octanol–water partition coefficient (Wildman–Crippen LogP) is 3.66. The Morgan fingerprint density at radius 2 is 1.91 bits per heavy atom. The summed E-state index contributed by atoms with van der Waals surface area (Å²) in [6.07, 6.45) is 0. The molecule has 2 aromatic heterocycles. The number of carbonyl (C=O) groups excluding carboxylic acids is 1. The third kappa shape index (κ3) is 3.11. The summed E-state index contributed by atoms with van der Waals surface area (Å²) < 4.78 is 31.8. The van der Waals surface area contributed by atoms with Crippen molar-refractivity contribution in [2.24, 2.45) is 0 Å². The van der Waals surface area contributed by atoms with Crippen LogP contribution in [0.15, 0.2) is 45.3 Å². The lowest BCUT2D eigenvalue weighted by Gasteiger charge is -2.01. The molecule has 0 fully saturated rings. The van der Waals surface area contributed by atoms with Crippen LogP contribution < -0.4 is 0 Å². The highest BCUT2D eigenvalue weighted by Gasteiger charge is 2.22. The molecule has 0 aliphatic rings. The minimum absolute atomic E-state index is 0.165. The quantitative estimate of drug-likeness (QED) is 0.563. The van der Waals surface area contributed by atoms with E-state index in [-0.39, 0.29) is 15.7 Å². The van der Waals surface area contributed by atoms with Crippen molar-refractivity contribution in [1.82, 2.24) is 4.98 Å². The summed E-state index contributed by atoms with van der Waals surface area (Å²) in [7, 11) is -4.31. The molecule has 8 heteroatoms. The first-order chi connectivity index (χ1) is 10.9. The molecule has 1 aromatic carbocycles. The number of benzene rings is 1. The Morgan fingerprint density at radius 1 is 1.17 bits per heavy atom.